The number of thioether (sulfide) groups is 2. The molecule has 6 heteroatoms. The quantitative estimate of drug-likeness (QED) is 0.332. The lowest BCUT2D eigenvalue weighted by Crippen LogP contribution is -1.84. The zero-order valence-corrected chi connectivity index (χ0v) is 10.8. The lowest BCUT2D eigenvalue weighted by atomic mass is 10.4. The minimum Gasteiger partial charge on any atom is -0.170 e. The van der Waals surface area contributed by atoms with Crippen molar-refractivity contribution >= 4 is 51.1 Å². The molecule has 15 heavy (non-hydrogen) atoms. The Labute approximate surface area is 107 Å². The van der Waals surface area contributed by atoms with Crippen LogP contribution in [0.2, 0.25) is 10.0 Å². The van der Waals surface area contributed by atoms with Crippen LogP contribution in [0.3, 0.4) is 0 Å². The van der Waals surface area contributed by atoms with Gasteiger partial charge >= 0.3 is 0 Å². The van der Waals surface area contributed by atoms with Crippen LogP contribution in [-0.2, 0) is 0 Å². The third-order valence-electron chi connectivity index (χ3n) is 1.41. The molecule has 0 bridgehead atoms. The molecule has 0 saturated carbocycles. The molecule has 0 N–H and O–H groups in total. The molecule has 0 unspecified atom stereocenters. The van der Waals surface area contributed by atoms with Crippen molar-refractivity contribution in [2.24, 2.45) is 4.99 Å². The van der Waals surface area contributed by atoms with E-state index in [4.69, 9.17) is 28.5 Å². The van der Waals surface area contributed by atoms with Crippen molar-refractivity contribution in [1.29, 1.82) is 5.26 Å². The van der Waals surface area contributed by atoms with E-state index in [1.54, 1.807) is 24.4 Å². The highest BCUT2D eigenvalue weighted by molar-refractivity contribution is 8.38. The Balaban J connectivity index is 2.93. The summed E-state index contributed by atoms with van der Waals surface area (Å²) >= 11 is 14.5. The highest BCUT2D eigenvalue weighted by Crippen LogP contribution is 2.33. The van der Waals surface area contributed by atoms with Gasteiger partial charge in [-0.2, -0.15) is 10.3 Å². The third kappa shape index (κ3) is 3.96. The highest BCUT2D eigenvalue weighted by atomic mass is 35.5. The fourth-order valence-corrected chi connectivity index (χ4v) is 2.63. The van der Waals surface area contributed by atoms with Gasteiger partial charge in [-0.15, -0.1) is 11.8 Å². The van der Waals surface area contributed by atoms with Gasteiger partial charge in [-0.25, -0.2) is 0 Å². The summed E-state index contributed by atoms with van der Waals surface area (Å²) < 4.78 is 0.640. The van der Waals surface area contributed by atoms with Gasteiger partial charge in [0.1, 0.15) is 4.38 Å². The van der Waals surface area contributed by atoms with Gasteiger partial charge in [-0.1, -0.05) is 35.0 Å². The van der Waals surface area contributed by atoms with Crippen LogP contribution < -0.4 is 0 Å². The lowest BCUT2D eigenvalue weighted by molar-refractivity contribution is 1.45. The summed E-state index contributed by atoms with van der Waals surface area (Å²) in [5.41, 5.74) is 0. The number of halogens is 2. The van der Waals surface area contributed by atoms with Gasteiger partial charge in [0.2, 0.25) is 6.19 Å². The molecule has 1 aromatic carbocycles. The summed E-state index contributed by atoms with van der Waals surface area (Å²) in [6, 6.07) is 5.18. The van der Waals surface area contributed by atoms with Crippen molar-refractivity contribution in [2.45, 2.75) is 4.90 Å². The first-order valence-electron chi connectivity index (χ1n) is 3.81. The van der Waals surface area contributed by atoms with E-state index >= 15 is 0 Å². The Hall–Kier alpha value is -0.340. The molecule has 0 fully saturated rings. The number of nitrogens with zero attached hydrogens (tertiary/aromatic N) is 2. The van der Waals surface area contributed by atoms with E-state index in [1.165, 1.54) is 23.5 Å². The van der Waals surface area contributed by atoms with E-state index in [2.05, 4.69) is 4.99 Å². The predicted molar refractivity (Wildman–Crippen MR) is 68.9 cm³/mol. The van der Waals surface area contributed by atoms with E-state index in [9.17, 15) is 0 Å². The van der Waals surface area contributed by atoms with Gasteiger partial charge in [0.05, 0.1) is 5.02 Å². The van der Waals surface area contributed by atoms with Gasteiger partial charge in [0.25, 0.3) is 0 Å². The number of nitriles is 1. The normalized spacial score (nSPS) is 11.2. The van der Waals surface area contributed by atoms with E-state index in [0.29, 0.717) is 14.4 Å². The standard InChI is InChI=1S/C9H6Cl2N2S2/c1-14-9(13-5-12)15-8-4-6(10)2-3-7(8)11/h2-4H,1H3. The molecule has 0 aliphatic rings. The maximum absolute atomic E-state index is 8.45. The summed E-state index contributed by atoms with van der Waals surface area (Å²) in [6.45, 7) is 0. The van der Waals surface area contributed by atoms with Crippen molar-refractivity contribution in [2.75, 3.05) is 6.26 Å². The molecule has 0 heterocycles. The van der Waals surface area contributed by atoms with Crippen LogP contribution in [0.15, 0.2) is 28.1 Å². The Morgan fingerprint density at radius 3 is 2.80 bits per heavy atom. The second-order valence-electron chi connectivity index (χ2n) is 2.36. The van der Waals surface area contributed by atoms with Crippen LogP contribution in [0.5, 0.6) is 0 Å². The SMILES string of the molecule is CSC(=NC#N)Sc1cc(Cl)ccc1Cl. The molecular weight excluding hydrogens is 271 g/mol. The fraction of sp³-hybridized carbons (Fsp3) is 0.111. The van der Waals surface area contributed by atoms with Crippen molar-refractivity contribution < 1.29 is 0 Å². The summed E-state index contributed by atoms with van der Waals surface area (Å²) in [6.07, 6.45) is 3.59. The molecular formula is C9H6Cl2N2S2. The minimum absolute atomic E-state index is 0.601. The molecule has 0 saturated heterocycles. The van der Waals surface area contributed by atoms with Crippen LogP contribution in [-0.4, -0.2) is 10.6 Å². The lowest BCUT2D eigenvalue weighted by Gasteiger charge is -2.03. The topological polar surface area (TPSA) is 36.1 Å². The number of hydrogen-bond acceptors (Lipinski definition) is 4. The molecule has 0 aliphatic carbocycles. The molecule has 2 nitrogen and oxygen atoms in total. The van der Waals surface area contributed by atoms with Crippen molar-refractivity contribution in [1.82, 2.24) is 0 Å². The molecule has 0 amide bonds. The first kappa shape index (κ1) is 12.7. The maximum Gasteiger partial charge on any atom is 0.207 e. The van der Waals surface area contributed by atoms with Crippen molar-refractivity contribution in [3.63, 3.8) is 0 Å². The summed E-state index contributed by atoms with van der Waals surface area (Å²) in [4.78, 5) is 4.45. The first-order chi connectivity index (χ1) is 7.17. The molecule has 1 aromatic rings. The molecule has 0 spiro atoms. The fourth-order valence-electron chi connectivity index (χ4n) is 0.800. The van der Waals surface area contributed by atoms with Gasteiger partial charge in [0.15, 0.2) is 0 Å². The second kappa shape index (κ2) is 6.29. The third-order valence-corrected chi connectivity index (χ3v) is 4.10. The molecule has 1 rings (SSSR count). The van der Waals surface area contributed by atoms with E-state index < -0.39 is 0 Å². The van der Waals surface area contributed by atoms with Crippen molar-refractivity contribution in [3.8, 4) is 6.19 Å². The van der Waals surface area contributed by atoms with Crippen LogP contribution in [0.4, 0.5) is 0 Å². The van der Waals surface area contributed by atoms with E-state index in [1.807, 2.05) is 6.26 Å². The molecule has 0 aromatic heterocycles. The molecule has 0 radical (unpaired) electrons. The number of benzene rings is 1. The van der Waals surface area contributed by atoms with Crippen LogP contribution in [0.25, 0.3) is 0 Å². The highest BCUT2D eigenvalue weighted by Gasteiger charge is 2.06. The van der Waals surface area contributed by atoms with Gasteiger partial charge in [-0.3, -0.25) is 0 Å². The van der Waals surface area contributed by atoms with Crippen LogP contribution >= 0.6 is 46.7 Å². The Morgan fingerprint density at radius 2 is 2.20 bits per heavy atom. The Morgan fingerprint density at radius 1 is 1.47 bits per heavy atom. The zero-order chi connectivity index (χ0) is 11.3. The van der Waals surface area contributed by atoms with Crippen molar-refractivity contribution in [3.05, 3.63) is 28.2 Å². The number of hydrogen-bond donors (Lipinski definition) is 0. The van der Waals surface area contributed by atoms with Gasteiger partial charge in [-0.05, 0) is 24.5 Å². The van der Waals surface area contributed by atoms with Gasteiger partial charge in [0, 0.05) is 9.92 Å². The first-order valence-corrected chi connectivity index (χ1v) is 6.60. The van der Waals surface area contributed by atoms with E-state index in [0.717, 1.165) is 4.90 Å². The van der Waals surface area contributed by atoms with Crippen LogP contribution in [0, 0.1) is 11.5 Å². The average Bonchev–Trinajstić information content (AvgIpc) is 2.22. The smallest absolute Gasteiger partial charge is 0.170 e. The molecule has 0 aliphatic heterocycles. The largest absolute Gasteiger partial charge is 0.207 e. The summed E-state index contributed by atoms with van der Waals surface area (Å²) in [7, 11) is 0. The molecule has 78 valence electrons. The maximum atomic E-state index is 8.45. The summed E-state index contributed by atoms with van der Waals surface area (Å²) in [5, 5.41) is 9.66. The zero-order valence-electron chi connectivity index (χ0n) is 7.70. The van der Waals surface area contributed by atoms with Gasteiger partial charge < -0.3 is 0 Å². The van der Waals surface area contributed by atoms with E-state index in [-0.39, 0.29) is 0 Å². The average molecular weight is 277 g/mol. The number of rotatable bonds is 1. The Bertz CT molecular complexity index is 427. The Kier molecular flexibility index (Phi) is 5.34. The minimum atomic E-state index is 0.601. The molecule has 0 atom stereocenters. The monoisotopic (exact) mass is 276 g/mol. The predicted octanol–water partition coefficient (Wildman–Crippen LogP) is 4.29. The number of aliphatic imine (C=N–C) groups is 1. The summed E-state index contributed by atoms with van der Waals surface area (Å²) in [5.74, 6) is 0. The van der Waals surface area contributed by atoms with Crippen LogP contribution in [0.1, 0.15) is 0 Å². The second-order valence-corrected chi connectivity index (χ2v) is 5.29.